The molecule has 1 aromatic carbocycles. The van der Waals surface area contributed by atoms with Crippen molar-refractivity contribution in [3.05, 3.63) is 23.3 Å². The second-order valence-corrected chi connectivity index (χ2v) is 5.03. The van der Waals surface area contributed by atoms with E-state index in [-0.39, 0.29) is 6.04 Å². The second-order valence-electron chi connectivity index (χ2n) is 5.03. The van der Waals surface area contributed by atoms with Crippen LogP contribution in [0, 0.1) is 18.3 Å². The first-order chi connectivity index (χ1) is 9.13. The molecule has 102 valence electrons. The fourth-order valence-corrected chi connectivity index (χ4v) is 2.46. The van der Waals surface area contributed by atoms with Crippen molar-refractivity contribution in [1.29, 1.82) is 5.26 Å². The maximum absolute atomic E-state index is 8.79. The zero-order valence-corrected chi connectivity index (χ0v) is 11.8. The molecular formula is C15H20N2O2. The highest BCUT2D eigenvalue weighted by atomic mass is 16.6. The monoisotopic (exact) mass is 260 g/mol. The van der Waals surface area contributed by atoms with Crippen molar-refractivity contribution in [2.45, 2.75) is 25.8 Å². The Morgan fingerprint density at radius 2 is 1.89 bits per heavy atom. The van der Waals surface area contributed by atoms with Crippen molar-refractivity contribution in [1.82, 2.24) is 4.90 Å². The molecule has 2 rings (SSSR count). The fraction of sp³-hybridized carbons (Fsp3) is 0.533. The lowest BCUT2D eigenvalue weighted by Gasteiger charge is -2.28. The molecule has 0 radical (unpaired) electrons. The quantitative estimate of drug-likeness (QED) is 0.835. The van der Waals surface area contributed by atoms with Crippen LogP contribution in [0.5, 0.6) is 11.5 Å². The van der Waals surface area contributed by atoms with Crippen LogP contribution >= 0.6 is 0 Å². The van der Waals surface area contributed by atoms with Gasteiger partial charge < -0.3 is 14.4 Å². The van der Waals surface area contributed by atoms with E-state index in [9.17, 15) is 0 Å². The van der Waals surface area contributed by atoms with Gasteiger partial charge in [0.25, 0.3) is 0 Å². The van der Waals surface area contributed by atoms with Gasteiger partial charge in [0.15, 0.2) is 11.5 Å². The standard InChI is InChI=1S/C15H20N2O2/c1-11-9-14-15(19-8-7-18-14)10-12(11)13(17(2)3)5-4-6-16/h9-10,13H,4-5,7-8H2,1-3H3. The molecule has 0 spiro atoms. The number of nitrogens with zero attached hydrogens (tertiary/aromatic N) is 2. The number of aryl methyl sites for hydroxylation is 1. The lowest BCUT2D eigenvalue weighted by molar-refractivity contribution is 0.170. The van der Waals surface area contributed by atoms with E-state index < -0.39 is 0 Å². The highest BCUT2D eigenvalue weighted by Gasteiger charge is 2.20. The van der Waals surface area contributed by atoms with Gasteiger partial charge >= 0.3 is 0 Å². The van der Waals surface area contributed by atoms with Crippen LogP contribution in [-0.2, 0) is 0 Å². The summed E-state index contributed by atoms with van der Waals surface area (Å²) in [5.41, 5.74) is 2.39. The van der Waals surface area contributed by atoms with Gasteiger partial charge in [0.2, 0.25) is 0 Å². The van der Waals surface area contributed by atoms with Crippen molar-refractivity contribution in [2.75, 3.05) is 27.3 Å². The lowest BCUT2D eigenvalue weighted by Crippen LogP contribution is -2.22. The van der Waals surface area contributed by atoms with E-state index >= 15 is 0 Å². The normalized spacial score (nSPS) is 15.1. The minimum Gasteiger partial charge on any atom is -0.486 e. The maximum Gasteiger partial charge on any atom is 0.161 e. The number of hydrogen-bond acceptors (Lipinski definition) is 4. The maximum atomic E-state index is 8.79. The van der Waals surface area contributed by atoms with E-state index in [2.05, 4.69) is 24.0 Å². The predicted molar refractivity (Wildman–Crippen MR) is 73.4 cm³/mol. The van der Waals surface area contributed by atoms with Crippen molar-refractivity contribution in [2.24, 2.45) is 0 Å². The minimum absolute atomic E-state index is 0.232. The molecular weight excluding hydrogens is 240 g/mol. The highest BCUT2D eigenvalue weighted by molar-refractivity contribution is 5.48. The van der Waals surface area contributed by atoms with Crippen molar-refractivity contribution in [3.8, 4) is 17.6 Å². The molecule has 0 aromatic heterocycles. The molecule has 0 bridgehead atoms. The van der Waals surface area contributed by atoms with E-state index in [1.807, 2.05) is 20.2 Å². The third-order valence-electron chi connectivity index (χ3n) is 3.44. The first-order valence-corrected chi connectivity index (χ1v) is 6.57. The van der Waals surface area contributed by atoms with E-state index in [4.69, 9.17) is 14.7 Å². The van der Waals surface area contributed by atoms with Crippen molar-refractivity contribution < 1.29 is 9.47 Å². The Balaban J connectivity index is 2.34. The summed E-state index contributed by atoms with van der Waals surface area (Å²) in [6, 6.07) is 6.55. The van der Waals surface area contributed by atoms with Gasteiger partial charge in [-0.25, -0.2) is 0 Å². The van der Waals surface area contributed by atoms with Gasteiger partial charge in [-0.3, -0.25) is 0 Å². The molecule has 0 fully saturated rings. The number of rotatable bonds is 4. The van der Waals surface area contributed by atoms with Gasteiger partial charge in [-0.15, -0.1) is 0 Å². The molecule has 1 aliphatic rings. The smallest absolute Gasteiger partial charge is 0.161 e. The molecule has 0 saturated heterocycles. The van der Waals surface area contributed by atoms with E-state index in [0.29, 0.717) is 19.6 Å². The average Bonchev–Trinajstić information content (AvgIpc) is 2.39. The second kappa shape index (κ2) is 5.94. The topological polar surface area (TPSA) is 45.5 Å². The summed E-state index contributed by atoms with van der Waals surface area (Å²) in [5.74, 6) is 1.64. The zero-order chi connectivity index (χ0) is 13.8. The minimum atomic E-state index is 0.232. The Bertz CT molecular complexity index is 492. The van der Waals surface area contributed by atoms with Crippen LogP contribution in [0.4, 0.5) is 0 Å². The number of ether oxygens (including phenoxy) is 2. The predicted octanol–water partition coefficient (Wildman–Crippen LogP) is 2.67. The van der Waals surface area contributed by atoms with Gasteiger partial charge in [0.05, 0.1) is 6.07 Å². The van der Waals surface area contributed by atoms with Crippen LogP contribution in [0.15, 0.2) is 12.1 Å². The van der Waals surface area contributed by atoms with Crippen LogP contribution in [0.25, 0.3) is 0 Å². The van der Waals surface area contributed by atoms with Crippen molar-refractivity contribution >= 4 is 0 Å². The summed E-state index contributed by atoms with van der Waals surface area (Å²) < 4.78 is 11.2. The van der Waals surface area contributed by atoms with Crippen LogP contribution < -0.4 is 9.47 Å². The molecule has 1 unspecified atom stereocenters. The SMILES string of the molecule is Cc1cc2c(cc1C(CCC#N)N(C)C)OCCO2. The Morgan fingerprint density at radius 1 is 1.26 bits per heavy atom. The van der Waals surface area contributed by atoms with Gasteiger partial charge in [-0.1, -0.05) is 0 Å². The van der Waals surface area contributed by atoms with Gasteiger partial charge in [0.1, 0.15) is 13.2 Å². The summed E-state index contributed by atoms with van der Waals surface area (Å²) >= 11 is 0. The first-order valence-electron chi connectivity index (χ1n) is 6.57. The van der Waals surface area contributed by atoms with Crippen LogP contribution in [0.3, 0.4) is 0 Å². The first kappa shape index (κ1) is 13.7. The Morgan fingerprint density at radius 3 is 2.47 bits per heavy atom. The molecule has 0 aliphatic carbocycles. The summed E-state index contributed by atoms with van der Waals surface area (Å²) in [4.78, 5) is 2.15. The number of nitriles is 1. The molecule has 4 heteroatoms. The molecule has 19 heavy (non-hydrogen) atoms. The van der Waals surface area contributed by atoms with E-state index in [0.717, 1.165) is 17.9 Å². The zero-order valence-electron chi connectivity index (χ0n) is 11.8. The van der Waals surface area contributed by atoms with Gasteiger partial charge in [-0.2, -0.15) is 5.26 Å². The molecule has 1 heterocycles. The van der Waals surface area contributed by atoms with Crippen LogP contribution in [0.2, 0.25) is 0 Å². The number of benzene rings is 1. The fourth-order valence-electron chi connectivity index (χ4n) is 2.46. The third kappa shape index (κ3) is 2.99. The van der Waals surface area contributed by atoms with Crippen molar-refractivity contribution in [3.63, 3.8) is 0 Å². The van der Waals surface area contributed by atoms with E-state index in [1.165, 1.54) is 11.1 Å². The number of fused-ring (bicyclic) bond motifs is 1. The molecule has 1 atom stereocenters. The Hall–Kier alpha value is -1.73. The molecule has 0 saturated carbocycles. The number of hydrogen-bond donors (Lipinski definition) is 0. The molecule has 1 aliphatic heterocycles. The summed E-state index contributed by atoms with van der Waals surface area (Å²) in [5, 5.41) is 8.79. The summed E-state index contributed by atoms with van der Waals surface area (Å²) in [7, 11) is 4.08. The van der Waals surface area contributed by atoms with E-state index in [1.54, 1.807) is 0 Å². The Labute approximate surface area is 114 Å². The molecule has 4 nitrogen and oxygen atoms in total. The molecule has 0 amide bonds. The van der Waals surface area contributed by atoms with Gasteiger partial charge in [0, 0.05) is 12.5 Å². The Kier molecular flexibility index (Phi) is 4.28. The average molecular weight is 260 g/mol. The molecule has 1 aromatic rings. The van der Waals surface area contributed by atoms with Crippen LogP contribution in [-0.4, -0.2) is 32.2 Å². The third-order valence-corrected chi connectivity index (χ3v) is 3.44. The molecule has 0 N–H and O–H groups in total. The summed E-state index contributed by atoms with van der Waals surface area (Å²) in [6.45, 7) is 3.29. The summed E-state index contributed by atoms with van der Waals surface area (Å²) in [6.07, 6.45) is 1.38. The highest BCUT2D eigenvalue weighted by Crippen LogP contribution is 2.37. The lowest BCUT2D eigenvalue weighted by atomic mass is 9.96. The largest absolute Gasteiger partial charge is 0.486 e. The van der Waals surface area contributed by atoms with Gasteiger partial charge in [-0.05, 0) is 50.7 Å². The van der Waals surface area contributed by atoms with Crippen LogP contribution in [0.1, 0.15) is 30.0 Å².